The van der Waals surface area contributed by atoms with Crippen LogP contribution >= 0.6 is 11.8 Å². The molecular formula is C16H18F3NO2S. The van der Waals surface area contributed by atoms with Gasteiger partial charge in [0.2, 0.25) is 0 Å². The maximum absolute atomic E-state index is 12.2. The van der Waals surface area contributed by atoms with Crippen LogP contribution in [-0.4, -0.2) is 23.6 Å². The molecule has 0 saturated heterocycles. The summed E-state index contributed by atoms with van der Waals surface area (Å²) in [4.78, 5) is 0.572. The summed E-state index contributed by atoms with van der Waals surface area (Å²) < 4.78 is 41.9. The van der Waals surface area contributed by atoms with Crippen molar-refractivity contribution in [2.45, 2.75) is 30.1 Å². The Morgan fingerprint density at radius 2 is 1.91 bits per heavy atom. The number of aliphatic hydroxyl groups excluding tert-OH is 1. The lowest BCUT2D eigenvalue weighted by Gasteiger charge is -2.20. The molecule has 2 unspecified atom stereocenters. The Labute approximate surface area is 136 Å². The van der Waals surface area contributed by atoms with Gasteiger partial charge < -0.3 is 9.52 Å². The van der Waals surface area contributed by atoms with Crippen molar-refractivity contribution in [3.8, 4) is 0 Å². The minimum atomic E-state index is -4.17. The normalized spacial score (nSPS) is 14.7. The summed E-state index contributed by atoms with van der Waals surface area (Å²) in [7, 11) is 0. The van der Waals surface area contributed by atoms with E-state index in [0.717, 1.165) is 17.3 Å². The van der Waals surface area contributed by atoms with Crippen molar-refractivity contribution in [2.75, 3.05) is 12.4 Å². The molecule has 7 heteroatoms. The Balaban J connectivity index is 1.95. The molecule has 0 aliphatic rings. The van der Waals surface area contributed by atoms with Crippen LogP contribution in [0, 0.1) is 0 Å². The third-order valence-corrected chi connectivity index (χ3v) is 4.38. The number of thioether (sulfide) groups is 1. The van der Waals surface area contributed by atoms with E-state index in [0.29, 0.717) is 10.7 Å². The van der Waals surface area contributed by atoms with E-state index in [1.54, 1.807) is 36.4 Å². The zero-order valence-electron chi connectivity index (χ0n) is 12.5. The monoisotopic (exact) mass is 345 g/mol. The van der Waals surface area contributed by atoms with E-state index in [9.17, 15) is 18.3 Å². The van der Waals surface area contributed by atoms with Gasteiger partial charge in [0.1, 0.15) is 5.76 Å². The summed E-state index contributed by atoms with van der Waals surface area (Å²) in [6.07, 6.45) is -2.63. The van der Waals surface area contributed by atoms with Crippen LogP contribution in [0.15, 0.2) is 52.0 Å². The van der Waals surface area contributed by atoms with Crippen LogP contribution in [0.1, 0.15) is 30.3 Å². The molecule has 1 aromatic heterocycles. The highest BCUT2D eigenvalue weighted by atomic mass is 32.2. The zero-order chi connectivity index (χ0) is 16.9. The Hall–Kier alpha value is -1.44. The van der Waals surface area contributed by atoms with E-state index in [4.69, 9.17) is 4.42 Å². The number of nitrogens with one attached hydrogen (secondary N) is 1. The quantitative estimate of drug-likeness (QED) is 0.734. The van der Waals surface area contributed by atoms with Crippen molar-refractivity contribution in [1.29, 1.82) is 0 Å². The summed E-state index contributed by atoms with van der Waals surface area (Å²) in [5.74, 6) is -0.262. The lowest BCUT2D eigenvalue weighted by atomic mass is 10.1. The van der Waals surface area contributed by atoms with Gasteiger partial charge in [0.05, 0.1) is 24.7 Å². The molecule has 0 spiro atoms. The molecule has 126 valence electrons. The smallest absolute Gasteiger partial charge is 0.398 e. The van der Waals surface area contributed by atoms with E-state index in [2.05, 4.69) is 5.32 Å². The van der Waals surface area contributed by atoms with Gasteiger partial charge in [0.15, 0.2) is 0 Å². The Morgan fingerprint density at radius 1 is 1.22 bits per heavy atom. The fraction of sp³-hybridized carbons (Fsp3) is 0.375. The first-order chi connectivity index (χ1) is 10.9. The molecule has 0 aliphatic heterocycles. The lowest BCUT2D eigenvalue weighted by Crippen LogP contribution is -2.27. The maximum atomic E-state index is 12.2. The molecule has 1 aromatic carbocycles. The van der Waals surface area contributed by atoms with E-state index in [1.807, 2.05) is 6.92 Å². The van der Waals surface area contributed by atoms with Gasteiger partial charge >= 0.3 is 6.18 Å². The molecule has 2 rings (SSSR count). The molecule has 0 bridgehead atoms. The second kappa shape index (κ2) is 7.90. The molecule has 0 fully saturated rings. The Kier molecular flexibility index (Phi) is 6.15. The van der Waals surface area contributed by atoms with Gasteiger partial charge in [-0.25, -0.2) is 0 Å². The van der Waals surface area contributed by atoms with Crippen molar-refractivity contribution < 1.29 is 22.7 Å². The number of hydrogen-bond acceptors (Lipinski definition) is 4. The zero-order valence-corrected chi connectivity index (χ0v) is 13.3. The van der Waals surface area contributed by atoms with Crippen molar-refractivity contribution >= 4 is 11.8 Å². The van der Waals surface area contributed by atoms with Gasteiger partial charge in [0.25, 0.3) is 0 Å². The second-order valence-corrected chi connectivity index (χ2v) is 6.16. The third kappa shape index (κ3) is 5.60. The number of hydrogen-bond donors (Lipinski definition) is 2. The first-order valence-electron chi connectivity index (χ1n) is 7.09. The highest BCUT2D eigenvalue weighted by Gasteiger charge is 2.27. The molecule has 0 saturated carbocycles. The highest BCUT2D eigenvalue weighted by molar-refractivity contribution is 7.99. The summed E-state index contributed by atoms with van der Waals surface area (Å²) in [6.45, 7) is 1.81. The highest BCUT2D eigenvalue weighted by Crippen LogP contribution is 2.28. The number of halogens is 3. The largest absolute Gasteiger partial charge is 0.468 e. The third-order valence-electron chi connectivity index (χ3n) is 3.30. The van der Waals surface area contributed by atoms with E-state index >= 15 is 0 Å². The molecule has 2 aromatic rings. The van der Waals surface area contributed by atoms with E-state index < -0.39 is 11.9 Å². The minimum absolute atomic E-state index is 0.0843. The van der Waals surface area contributed by atoms with Crippen molar-refractivity contribution in [1.82, 2.24) is 5.32 Å². The maximum Gasteiger partial charge on any atom is 0.398 e. The molecule has 0 amide bonds. The van der Waals surface area contributed by atoms with Crippen LogP contribution in [0.3, 0.4) is 0 Å². The van der Waals surface area contributed by atoms with Gasteiger partial charge in [-0.05, 0) is 36.8 Å². The summed E-state index contributed by atoms with van der Waals surface area (Å²) in [6, 6.07) is 10.0. The minimum Gasteiger partial charge on any atom is -0.468 e. The van der Waals surface area contributed by atoms with Crippen LogP contribution in [0.4, 0.5) is 13.2 Å². The first-order valence-corrected chi connectivity index (χ1v) is 8.07. The summed E-state index contributed by atoms with van der Waals surface area (Å²) in [5.41, 5.74) is 0.923. The van der Waals surface area contributed by atoms with Gasteiger partial charge in [-0.3, -0.25) is 5.32 Å². The average Bonchev–Trinajstić information content (AvgIpc) is 3.04. The molecule has 3 nitrogen and oxygen atoms in total. The molecule has 23 heavy (non-hydrogen) atoms. The summed E-state index contributed by atoms with van der Waals surface area (Å²) >= 11 is 0.764. The number of aliphatic hydroxyl groups is 1. The molecular weight excluding hydrogens is 327 g/mol. The Morgan fingerprint density at radius 3 is 2.43 bits per heavy atom. The van der Waals surface area contributed by atoms with Crippen LogP contribution in [-0.2, 0) is 0 Å². The van der Waals surface area contributed by atoms with E-state index in [1.165, 1.54) is 6.26 Å². The predicted molar refractivity (Wildman–Crippen MR) is 83.3 cm³/mol. The predicted octanol–water partition coefficient (Wildman–Crippen LogP) is 4.32. The van der Waals surface area contributed by atoms with Crippen LogP contribution in [0.2, 0.25) is 0 Å². The van der Waals surface area contributed by atoms with Gasteiger partial charge in [-0.15, -0.1) is 11.8 Å². The lowest BCUT2D eigenvalue weighted by molar-refractivity contribution is -0.105. The molecule has 2 atom stereocenters. The SMILES string of the molecule is CC(NC(CO)c1ccco1)c1ccc(SCC(F)(F)F)cc1. The van der Waals surface area contributed by atoms with Gasteiger partial charge in [-0.2, -0.15) is 13.2 Å². The average molecular weight is 345 g/mol. The van der Waals surface area contributed by atoms with Crippen LogP contribution < -0.4 is 5.32 Å². The molecule has 2 N–H and O–H groups in total. The van der Waals surface area contributed by atoms with Crippen molar-refractivity contribution in [3.05, 3.63) is 54.0 Å². The van der Waals surface area contributed by atoms with Crippen LogP contribution in [0.5, 0.6) is 0 Å². The molecule has 0 aliphatic carbocycles. The molecule has 1 heterocycles. The first kappa shape index (κ1) is 17.9. The number of benzene rings is 1. The number of alkyl halides is 3. The number of furan rings is 1. The topological polar surface area (TPSA) is 45.4 Å². The molecule has 0 radical (unpaired) electrons. The van der Waals surface area contributed by atoms with Gasteiger partial charge in [0, 0.05) is 10.9 Å². The van der Waals surface area contributed by atoms with Crippen molar-refractivity contribution in [2.24, 2.45) is 0 Å². The van der Waals surface area contributed by atoms with Crippen LogP contribution in [0.25, 0.3) is 0 Å². The number of rotatable bonds is 7. The van der Waals surface area contributed by atoms with Crippen molar-refractivity contribution in [3.63, 3.8) is 0 Å². The fourth-order valence-corrected chi connectivity index (χ4v) is 2.79. The summed E-state index contributed by atoms with van der Waals surface area (Å²) in [5, 5.41) is 12.7. The van der Waals surface area contributed by atoms with E-state index in [-0.39, 0.29) is 18.7 Å². The standard InChI is InChI=1S/C16H18F3NO2S/c1-11(20-14(9-21)15-3-2-8-22-15)12-4-6-13(7-5-12)23-10-16(17,18)19/h2-8,11,14,20-21H,9-10H2,1H3. The van der Waals surface area contributed by atoms with Gasteiger partial charge in [-0.1, -0.05) is 12.1 Å². The fourth-order valence-electron chi connectivity index (χ4n) is 2.13. The second-order valence-electron chi connectivity index (χ2n) is 5.11. The Bertz CT molecular complexity index is 584.